The van der Waals surface area contributed by atoms with Crippen molar-refractivity contribution >= 4 is 17.9 Å². The Bertz CT molecular complexity index is 601. The molecular weight excluding hydrogens is 280 g/mol. The molecule has 1 amide bonds. The lowest BCUT2D eigenvalue weighted by Crippen LogP contribution is -2.36. The largest absolute Gasteiger partial charge is 0.504 e. The van der Waals surface area contributed by atoms with Gasteiger partial charge in [-0.3, -0.25) is 14.9 Å². The smallest absolute Gasteiger partial charge is 0.286 e. The second kappa shape index (κ2) is 5.78. The summed E-state index contributed by atoms with van der Waals surface area (Å²) in [5.41, 5.74) is -0.724. The van der Waals surface area contributed by atoms with Crippen molar-refractivity contribution in [2.24, 2.45) is 0 Å². The van der Waals surface area contributed by atoms with Crippen molar-refractivity contribution in [1.82, 2.24) is 4.90 Å². The number of carbonyl (C=O) groups excluding carboxylic acids is 2. The van der Waals surface area contributed by atoms with E-state index in [-0.39, 0.29) is 11.3 Å². The van der Waals surface area contributed by atoms with E-state index in [0.29, 0.717) is 25.7 Å². The molecule has 1 fully saturated rings. The quantitative estimate of drug-likeness (QED) is 0.506. The number of nitrogens with zero attached hydrogens (tertiary/aromatic N) is 2. The van der Waals surface area contributed by atoms with Gasteiger partial charge in [0.05, 0.1) is 24.1 Å². The molecule has 0 radical (unpaired) electrons. The normalized spacial score (nSPS) is 17.6. The van der Waals surface area contributed by atoms with Gasteiger partial charge in [0.1, 0.15) is 11.8 Å². The fourth-order valence-corrected chi connectivity index (χ4v) is 2.38. The number of benzene rings is 1. The first-order valence-corrected chi connectivity index (χ1v) is 6.31. The molecule has 1 aliphatic rings. The van der Waals surface area contributed by atoms with Crippen LogP contribution < -0.4 is 4.74 Å². The predicted molar refractivity (Wildman–Crippen MR) is 71.4 cm³/mol. The summed E-state index contributed by atoms with van der Waals surface area (Å²) in [6.45, 7) is 0.364. The number of amides is 1. The number of nitro benzene ring substituents is 1. The molecule has 1 atom stereocenters. The zero-order valence-electron chi connectivity index (χ0n) is 11.3. The molecule has 2 rings (SSSR count). The summed E-state index contributed by atoms with van der Waals surface area (Å²) in [6.07, 6.45) is 1.87. The first kappa shape index (κ1) is 14.8. The van der Waals surface area contributed by atoms with Gasteiger partial charge in [0.15, 0.2) is 11.5 Å². The molecule has 0 aromatic heterocycles. The van der Waals surface area contributed by atoms with Gasteiger partial charge in [-0.25, -0.2) is 0 Å². The molecule has 8 nitrogen and oxygen atoms in total. The lowest BCUT2D eigenvalue weighted by molar-refractivity contribution is -0.385. The third-order valence-corrected chi connectivity index (χ3v) is 3.44. The van der Waals surface area contributed by atoms with Crippen LogP contribution in [0.4, 0.5) is 5.69 Å². The zero-order valence-corrected chi connectivity index (χ0v) is 11.3. The molecule has 0 aliphatic carbocycles. The summed E-state index contributed by atoms with van der Waals surface area (Å²) in [6, 6.07) is 1.42. The number of methoxy groups -OCH3 is 1. The van der Waals surface area contributed by atoms with Crippen LogP contribution in [0, 0.1) is 10.1 Å². The molecule has 1 aliphatic heterocycles. The third kappa shape index (κ3) is 2.64. The summed E-state index contributed by atoms with van der Waals surface area (Å²) in [5, 5.41) is 20.7. The maximum atomic E-state index is 12.4. The van der Waals surface area contributed by atoms with E-state index < -0.39 is 28.3 Å². The van der Waals surface area contributed by atoms with E-state index in [4.69, 9.17) is 4.74 Å². The molecule has 112 valence electrons. The summed E-state index contributed by atoms with van der Waals surface area (Å²) in [7, 11) is 1.28. The monoisotopic (exact) mass is 294 g/mol. The Morgan fingerprint density at radius 1 is 1.57 bits per heavy atom. The summed E-state index contributed by atoms with van der Waals surface area (Å²) >= 11 is 0. The van der Waals surface area contributed by atoms with Crippen LogP contribution in [0.2, 0.25) is 0 Å². The van der Waals surface area contributed by atoms with Crippen LogP contribution in [-0.4, -0.2) is 46.8 Å². The molecule has 0 saturated carbocycles. The molecule has 1 heterocycles. The molecule has 21 heavy (non-hydrogen) atoms. The minimum Gasteiger partial charge on any atom is -0.504 e. The van der Waals surface area contributed by atoms with Gasteiger partial charge in [-0.2, -0.15) is 0 Å². The number of phenolic OH excluding ortho intramolecular Hbond substituents is 1. The highest BCUT2D eigenvalue weighted by Gasteiger charge is 2.33. The maximum Gasteiger partial charge on any atom is 0.286 e. The average molecular weight is 294 g/mol. The Hall–Kier alpha value is -2.64. The number of phenols is 1. The maximum absolute atomic E-state index is 12.4. The van der Waals surface area contributed by atoms with E-state index in [0.717, 1.165) is 12.1 Å². The average Bonchev–Trinajstić information content (AvgIpc) is 2.94. The molecule has 0 bridgehead atoms. The first-order valence-electron chi connectivity index (χ1n) is 6.31. The highest BCUT2D eigenvalue weighted by molar-refractivity contribution is 6.00. The van der Waals surface area contributed by atoms with Crippen LogP contribution >= 0.6 is 0 Å². The Kier molecular flexibility index (Phi) is 4.06. The van der Waals surface area contributed by atoms with E-state index in [1.165, 1.54) is 12.0 Å². The van der Waals surface area contributed by atoms with Gasteiger partial charge in [-0.15, -0.1) is 0 Å². The van der Waals surface area contributed by atoms with Crippen molar-refractivity contribution in [3.05, 3.63) is 27.8 Å². The third-order valence-electron chi connectivity index (χ3n) is 3.44. The number of aldehydes is 1. The Labute approximate surface area is 120 Å². The summed E-state index contributed by atoms with van der Waals surface area (Å²) < 4.78 is 4.87. The number of aromatic hydroxyl groups is 1. The molecule has 0 unspecified atom stereocenters. The van der Waals surface area contributed by atoms with E-state index in [9.17, 15) is 24.8 Å². The molecule has 1 aromatic carbocycles. The predicted octanol–water partition coefficient (Wildman–Crippen LogP) is 1.11. The Balaban J connectivity index is 2.48. The fraction of sp³-hybridized carbons (Fsp3) is 0.385. The number of ether oxygens (including phenoxy) is 1. The van der Waals surface area contributed by atoms with Gasteiger partial charge in [0, 0.05) is 12.6 Å². The molecule has 1 aromatic rings. The van der Waals surface area contributed by atoms with Gasteiger partial charge in [0.25, 0.3) is 11.6 Å². The lowest BCUT2D eigenvalue weighted by Gasteiger charge is -2.20. The number of hydrogen-bond acceptors (Lipinski definition) is 6. The molecule has 1 N–H and O–H groups in total. The fourth-order valence-electron chi connectivity index (χ4n) is 2.38. The van der Waals surface area contributed by atoms with Crippen LogP contribution in [0.5, 0.6) is 11.5 Å². The van der Waals surface area contributed by atoms with E-state index in [1.54, 1.807) is 0 Å². The second-order valence-corrected chi connectivity index (χ2v) is 4.64. The van der Waals surface area contributed by atoms with Crippen molar-refractivity contribution in [3.8, 4) is 11.5 Å². The zero-order chi connectivity index (χ0) is 15.6. The summed E-state index contributed by atoms with van der Waals surface area (Å²) in [4.78, 5) is 35.0. The van der Waals surface area contributed by atoms with Gasteiger partial charge in [0.2, 0.25) is 0 Å². The standard InChI is InChI=1S/C13H14N2O6/c1-21-12-5-9(10(15(19)20)6-11(12)17)13(18)14-4-2-3-8(14)7-16/h5-8,17H,2-4H2,1H3/t8-/m0/s1. The van der Waals surface area contributed by atoms with Crippen LogP contribution in [0.1, 0.15) is 23.2 Å². The minimum atomic E-state index is -0.752. The Morgan fingerprint density at radius 3 is 2.86 bits per heavy atom. The van der Waals surface area contributed by atoms with Crippen molar-refractivity contribution in [2.75, 3.05) is 13.7 Å². The van der Waals surface area contributed by atoms with Gasteiger partial charge < -0.3 is 19.5 Å². The lowest BCUT2D eigenvalue weighted by atomic mass is 10.1. The molecular formula is C13H14N2O6. The van der Waals surface area contributed by atoms with Crippen LogP contribution in [-0.2, 0) is 4.79 Å². The number of likely N-dealkylation sites (tertiary alicyclic amines) is 1. The highest BCUT2D eigenvalue weighted by atomic mass is 16.6. The second-order valence-electron chi connectivity index (χ2n) is 4.64. The molecule has 0 spiro atoms. The summed E-state index contributed by atoms with van der Waals surface area (Å²) in [5.74, 6) is -1.07. The highest BCUT2D eigenvalue weighted by Crippen LogP contribution is 2.35. The van der Waals surface area contributed by atoms with E-state index in [1.807, 2.05) is 0 Å². The number of carbonyl (C=O) groups is 2. The minimum absolute atomic E-state index is 0.0363. The number of rotatable bonds is 4. The Morgan fingerprint density at radius 2 is 2.29 bits per heavy atom. The van der Waals surface area contributed by atoms with E-state index in [2.05, 4.69) is 0 Å². The van der Waals surface area contributed by atoms with Crippen molar-refractivity contribution in [1.29, 1.82) is 0 Å². The van der Waals surface area contributed by atoms with Gasteiger partial charge >= 0.3 is 0 Å². The SMILES string of the molecule is COc1cc(C(=O)N2CCC[C@H]2C=O)c([N+](=O)[O-])cc1O. The number of hydrogen-bond donors (Lipinski definition) is 1. The van der Waals surface area contributed by atoms with E-state index >= 15 is 0 Å². The van der Waals surface area contributed by atoms with Crippen molar-refractivity contribution in [2.45, 2.75) is 18.9 Å². The van der Waals surface area contributed by atoms with Gasteiger partial charge in [-0.1, -0.05) is 0 Å². The van der Waals surface area contributed by atoms with Crippen LogP contribution in [0.25, 0.3) is 0 Å². The first-order chi connectivity index (χ1) is 9.99. The van der Waals surface area contributed by atoms with Crippen molar-refractivity contribution in [3.63, 3.8) is 0 Å². The number of nitro groups is 1. The van der Waals surface area contributed by atoms with Crippen LogP contribution in [0.15, 0.2) is 12.1 Å². The topological polar surface area (TPSA) is 110 Å². The van der Waals surface area contributed by atoms with Gasteiger partial charge in [-0.05, 0) is 12.8 Å². The van der Waals surface area contributed by atoms with Crippen molar-refractivity contribution < 1.29 is 24.4 Å². The van der Waals surface area contributed by atoms with Crippen LogP contribution in [0.3, 0.4) is 0 Å². The molecule has 1 saturated heterocycles. The molecule has 8 heteroatoms.